The van der Waals surface area contributed by atoms with E-state index in [1.165, 1.54) is 0 Å². The molecule has 2 aromatic carbocycles. The van der Waals surface area contributed by atoms with Crippen molar-refractivity contribution in [2.45, 2.75) is 12.5 Å². The Morgan fingerprint density at radius 1 is 1.05 bits per heavy atom. The molecule has 2 rings (SSSR count). The van der Waals surface area contributed by atoms with Gasteiger partial charge in [-0.3, -0.25) is 0 Å². The van der Waals surface area contributed by atoms with Crippen LogP contribution in [0.1, 0.15) is 5.56 Å². The fraction of sp³-hybridized carbons (Fsp3) is 0.133. The number of carbonyl (C=O) groups is 1. The Hall–Kier alpha value is -1.42. The molecule has 0 fully saturated rings. The zero-order valence-corrected chi connectivity index (χ0v) is 13.0. The monoisotopic (exact) mass is 344 g/mol. The quantitative estimate of drug-likeness (QED) is 0.852. The van der Waals surface area contributed by atoms with Crippen LogP contribution in [0.5, 0.6) is 5.75 Å². The number of carboxylic acids is 1. The van der Waals surface area contributed by atoms with E-state index in [1.807, 2.05) is 0 Å². The summed E-state index contributed by atoms with van der Waals surface area (Å²) in [6.07, 6.45) is -1.03. The molecule has 0 bridgehead atoms. The largest absolute Gasteiger partial charge is 0.478 e. The Morgan fingerprint density at radius 2 is 1.71 bits per heavy atom. The molecule has 0 radical (unpaired) electrons. The fourth-order valence-corrected chi connectivity index (χ4v) is 2.36. The van der Waals surface area contributed by atoms with Crippen molar-refractivity contribution in [1.29, 1.82) is 0 Å². The zero-order chi connectivity index (χ0) is 15.4. The Morgan fingerprint density at radius 3 is 2.38 bits per heavy atom. The highest BCUT2D eigenvalue weighted by atomic mass is 35.5. The van der Waals surface area contributed by atoms with Gasteiger partial charge in [0, 0.05) is 6.42 Å². The molecule has 2 aromatic rings. The van der Waals surface area contributed by atoms with E-state index in [2.05, 4.69) is 0 Å². The highest BCUT2D eigenvalue weighted by molar-refractivity contribution is 6.42. The van der Waals surface area contributed by atoms with Crippen molar-refractivity contribution in [1.82, 2.24) is 0 Å². The maximum absolute atomic E-state index is 11.4. The minimum absolute atomic E-state index is 0.0833. The summed E-state index contributed by atoms with van der Waals surface area (Å²) in [4.78, 5) is 11.4. The first-order valence-corrected chi connectivity index (χ1v) is 7.19. The molecule has 1 N–H and O–H groups in total. The second kappa shape index (κ2) is 7.03. The number of para-hydroxylation sites is 1. The van der Waals surface area contributed by atoms with E-state index in [0.29, 0.717) is 26.4 Å². The molecule has 0 unspecified atom stereocenters. The molecule has 0 saturated carbocycles. The number of carboxylic acid groups (broad SMARTS) is 1. The summed E-state index contributed by atoms with van der Waals surface area (Å²) in [5.41, 5.74) is 0.601. The molecule has 0 spiro atoms. The van der Waals surface area contributed by atoms with Crippen molar-refractivity contribution in [3.8, 4) is 5.75 Å². The average molecular weight is 346 g/mol. The number of rotatable bonds is 5. The second-order valence-corrected chi connectivity index (χ2v) is 5.48. The number of aliphatic carboxylic acids is 1. The zero-order valence-electron chi connectivity index (χ0n) is 10.7. The van der Waals surface area contributed by atoms with Crippen molar-refractivity contribution >= 4 is 40.8 Å². The van der Waals surface area contributed by atoms with E-state index < -0.39 is 12.1 Å². The maximum Gasteiger partial charge on any atom is 0.345 e. The van der Waals surface area contributed by atoms with E-state index in [9.17, 15) is 9.90 Å². The molecule has 0 amide bonds. The molecule has 110 valence electrons. The van der Waals surface area contributed by atoms with E-state index >= 15 is 0 Å². The lowest BCUT2D eigenvalue weighted by Crippen LogP contribution is -2.29. The van der Waals surface area contributed by atoms with Gasteiger partial charge in [-0.25, -0.2) is 4.79 Å². The molecule has 1 atom stereocenters. The number of hydrogen-bond acceptors (Lipinski definition) is 2. The lowest BCUT2D eigenvalue weighted by Gasteiger charge is -2.17. The molecule has 0 aliphatic rings. The third-order valence-electron chi connectivity index (χ3n) is 2.82. The lowest BCUT2D eigenvalue weighted by molar-refractivity contribution is -0.145. The third-order valence-corrected chi connectivity index (χ3v) is 3.99. The van der Waals surface area contributed by atoms with Crippen LogP contribution in [0, 0.1) is 0 Å². The van der Waals surface area contributed by atoms with Crippen molar-refractivity contribution in [3.05, 3.63) is 63.1 Å². The summed E-state index contributed by atoms with van der Waals surface area (Å²) in [6, 6.07) is 11.7. The molecule has 0 aliphatic carbocycles. The molecule has 0 heterocycles. The third kappa shape index (κ3) is 4.03. The first kappa shape index (κ1) is 16.0. The van der Waals surface area contributed by atoms with E-state index in [-0.39, 0.29) is 6.42 Å². The number of hydrogen-bond donors (Lipinski definition) is 1. The van der Waals surface area contributed by atoms with Crippen LogP contribution >= 0.6 is 34.8 Å². The molecule has 0 saturated heterocycles. The van der Waals surface area contributed by atoms with Crippen molar-refractivity contribution in [2.75, 3.05) is 0 Å². The van der Waals surface area contributed by atoms with Gasteiger partial charge in [-0.2, -0.15) is 0 Å². The number of benzene rings is 2. The van der Waals surface area contributed by atoms with Gasteiger partial charge in [-0.15, -0.1) is 0 Å². The molecule has 3 nitrogen and oxygen atoms in total. The first-order chi connectivity index (χ1) is 9.99. The summed E-state index contributed by atoms with van der Waals surface area (Å²) in [5, 5.41) is 10.3. The summed E-state index contributed by atoms with van der Waals surface area (Å²) < 4.78 is 5.47. The van der Waals surface area contributed by atoms with Crippen LogP contribution in [0.15, 0.2) is 42.5 Å². The predicted octanol–water partition coefficient (Wildman–Crippen LogP) is 4.72. The number of halogens is 3. The number of ether oxygens (including phenoxy) is 1. The fourth-order valence-electron chi connectivity index (χ4n) is 1.78. The summed E-state index contributed by atoms with van der Waals surface area (Å²) in [6.45, 7) is 0. The van der Waals surface area contributed by atoms with Crippen LogP contribution in [0.3, 0.4) is 0 Å². The van der Waals surface area contributed by atoms with Gasteiger partial charge in [0.25, 0.3) is 0 Å². The SMILES string of the molecule is O=C(O)[C@@H](Cc1cccc(Cl)c1Cl)Oc1ccccc1Cl. The predicted molar refractivity (Wildman–Crippen MR) is 83.7 cm³/mol. The van der Waals surface area contributed by atoms with Gasteiger partial charge in [0.1, 0.15) is 5.75 Å². The Labute approximate surface area is 137 Å². The van der Waals surface area contributed by atoms with Crippen LogP contribution in [0.4, 0.5) is 0 Å². The van der Waals surface area contributed by atoms with Gasteiger partial charge in [-0.05, 0) is 23.8 Å². The Bertz CT molecular complexity index is 658. The van der Waals surface area contributed by atoms with Crippen LogP contribution < -0.4 is 4.74 Å². The van der Waals surface area contributed by atoms with E-state index in [0.717, 1.165) is 0 Å². The standard InChI is InChI=1S/C15H11Cl3O3/c16-10-5-1-2-7-12(10)21-13(15(19)20)8-9-4-3-6-11(17)14(9)18/h1-7,13H,8H2,(H,19,20)/t13-/m1/s1. The van der Waals surface area contributed by atoms with Crippen LogP contribution in [0.25, 0.3) is 0 Å². The normalized spacial score (nSPS) is 12.0. The van der Waals surface area contributed by atoms with Crippen LogP contribution in [-0.4, -0.2) is 17.2 Å². The van der Waals surface area contributed by atoms with Crippen molar-refractivity contribution in [2.24, 2.45) is 0 Å². The van der Waals surface area contributed by atoms with Crippen molar-refractivity contribution < 1.29 is 14.6 Å². The average Bonchev–Trinajstić information content (AvgIpc) is 2.45. The molecular weight excluding hydrogens is 335 g/mol. The van der Waals surface area contributed by atoms with Gasteiger partial charge in [0.15, 0.2) is 6.10 Å². The van der Waals surface area contributed by atoms with Gasteiger partial charge in [0.05, 0.1) is 15.1 Å². The van der Waals surface area contributed by atoms with Gasteiger partial charge in [0.2, 0.25) is 0 Å². The van der Waals surface area contributed by atoms with Crippen LogP contribution in [-0.2, 0) is 11.2 Å². The van der Waals surface area contributed by atoms with Gasteiger partial charge in [-0.1, -0.05) is 59.1 Å². The van der Waals surface area contributed by atoms with Gasteiger partial charge >= 0.3 is 5.97 Å². The Kier molecular flexibility index (Phi) is 5.34. The second-order valence-electron chi connectivity index (χ2n) is 4.29. The summed E-state index contributed by atoms with van der Waals surface area (Å²) >= 11 is 18.0. The first-order valence-electron chi connectivity index (χ1n) is 6.06. The maximum atomic E-state index is 11.4. The van der Waals surface area contributed by atoms with E-state index in [1.54, 1.807) is 42.5 Å². The van der Waals surface area contributed by atoms with E-state index in [4.69, 9.17) is 39.5 Å². The highest BCUT2D eigenvalue weighted by Gasteiger charge is 2.22. The molecule has 0 aliphatic heterocycles. The van der Waals surface area contributed by atoms with Crippen LogP contribution in [0.2, 0.25) is 15.1 Å². The topological polar surface area (TPSA) is 46.5 Å². The van der Waals surface area contributed by atoms with Gasteiger partial charge < -0.3 is 9.84 Å². The molecular formula is C15H11Cl3O3. The minimum Gasteiger partial charge on any atom is -0.478 e. The Balaban J connectivity index is 2.22. The lowest BCUT2D eigenvalue weighted by atomic mass is 10.1. The molecule has 21 heavy (non-hydrogen) atoms. The minimum atomic E-state index is -1.11. The van der Waals surface area contributed by atoms with Crippen molar-refractivity contribution in [3.63, 3.8) is 0 Å². The highest BCUT2D eigenvalue weighted by Crippen LogP contribution is 2.29. The summed E-state index contributed by atoms with van der Waals surface area (Å²) in [7, 11) is 0. The summed E-state index contributed by atoms with van der Waals surface area (Å²) in [5.74, 6) is -0.796. The molecule has 6 heteroatoms. The molecule has 0 aromatic heterocycles. The smallest absolute Gasteiger partial charge is 0.345 e.